The minimum atomic E-state index is -0.389. The maximum atomic E-state index is 12.8. The van der Waals surface area contributed by atoms with Crippen molar-refractivity contribution in [3.05, 3.63) is 64.4 Å². The number of halogens is 1. The van der Waals surface area contributed by atoms with Gasteiger partial charge in [-0.3, -0.25) is 14.6 Å². The number of rotatable bonds is 2. The molecule has 1 aromatic carbocycles. The van der Waals surface area contributed by atoms with Gasteiger partial charge < -0.3 is 9.80 Å². The van der Waals surface area contributed by atoms with Gasteiger partial charge in [0.15, 0.2) is 0 Å². The van der Waals surface area contributed by atoms with Crippen molar-refractivity contribution < 1.29 is 9.59 Å². The van der Waals surface area contributed by atoms with Crippen LogP contribution in [0.5, 0.6) is 0 Å². The van der Waals surface area contributed by atoms with Gasteiger partial charge in [-0.2, -0.15) is 0 Å². The van der Waals surface area contributed by atoms with Gasteiger partial charge in [-0.15, -0.1) is 0 Å². The minimum Gasteiger partial charge on any atom is -0.320 e. The van der Waals surface area contributed by atoms with E-state index in [1.54, 1.807) is 29.1 Å². The lowest BCUT2D eigenvalue weighted by Crippen LogP contribution is -2.34. The van der Waals surface area contributed by atoms with Crippen molar-refractivity contribution in [2.24, 2.45) is 0 Å². The number of likely N-dealkylation sites (N-methyl/N-ethyl adjacent to an activating group) is 1. The van der Waals surface area contributed by atoms with Crippen LogP contribution in [0.2, 0.25) is 0 Å². The summed E-state index contributed by atoms with van der Waals surface area (Å²) in [7, 11) is 1.71. The van der Waals surface area contributed by atoms with Crippen molar-refractivity contribution in [2.45, 2.75) is 6.17 Å². The van der Waals surface area contributed by atoms with Gasteiger partial charge in [-0.05, 0) is 27.6 Å². The smallest absolute Gasteiger partial charge is 0.257 e. The lowest BCUT2D eigenvalue weighted by atomic mass is 10.1. The zero-order valence-electron chi connectivity index (χ0n) is 11.9. The summed E-state index contributed by atoms with van der Waals surface area (Å²) < 4.78 is 0.730. The molecule has 0 bridgehead atoms. The summed E-state index contributed by atoms with van der Waals surface area (Å²) in [5.41, 5.74) is 1.37. The number of amides is 2. The number of carbonyl (C=O) groups excluding carboxylic acids is 2. The third-order valence-electron chi connectivity index (χ3n) is 3.67. The zero-order chi connectivity index (χ0) is 15.7. The van der Waals surface area contributed by atoms with Gasteiger partial charge in [0.1, 0.15) is 12.7 Å². The Bertz CT molecular complexity index is 720. The Hall–Kier alpha value is -2.21. The first-order valence-electron chi connectivity index (χ1n) is 6.80. The first-order chi connectivity index (χ1) is 10.6. The number of benzene rings is 1. The van der Waals surface area contributed by atoms with Gasteiger partial charge >= 0.3 is 0 Å². The second kappa shape index (κ2) is 5.88. The number of hydrogen-bond donors (Lipinski definition) is 0. The van der Waals surface area contributed by atoms with Crippen LogP contribution in [0.25, 0.3) is 0 Å². The molecule has 0 radical (unpaired) electrons. The Balaban J connectivity index is 1.97. The first kappa shape index (κ1) is 14.7. The highest BCUT2D eigenvalue weighted by atomic mass is 79.9. The van der Waals surface area contributed by atoms with Crippen molar-refractivity contribution in [1.29, 1.82) is 0 Å². The molecule has 1 fully saturated rings. The Morgan fingerprint density at radius 3 is 2.68 bits per heavy atom. The van der Waals surface area contributed by atoms with Crippen LogP contribution in [0.3, 0.4) is 0 Å². The van der Waals surface area contributed by atoms with Gasteiger partial charge in [0, 0.05) is 23.9 Å². The second-order valence-electron chi connectivity index (χ2n) is 5.11. The minimum absolute atomic E-state index is 0.0708. The molecular weight excluding hydrogens is 346 g/mol. The van der Waals surface area contributed by atoms with Crippen LogP contribution < -0.4 is 0 Å². The average Bonchev–Trinajstić information content (AvgIpc) is 2.83. The van der Waals surface area contributed by atoms with Crippen LogP contribution >= 0.6 is 15.9 Å². The molecule has 0 spiro atoms. The van der Waals surface area contributed by atoms with E-state index in [2.05, 4.69) is 20.9 Å². The van der Waals surface area contributed by atoms with Gasteiger partial charge in [0.05, 0.1) is 5.56 Å². The molecule has 5 nitrogen and oxygen atoms in total. The van der Waals surface area contributed by atoms with Gasteiger partial charge in [-0.1, -0.05) is 30.3 Å². The molecule has 2 heterocycles. The lowest BCUT2D eigenvalue weighted by molar-refractivity contribution is -0.126. The molecular formula is C16H14BrN3O2. The van der Waals surface area contributed by atoms with Crippen molar-refractivity contribution in [3.63, 3.8) is 0 Å². The number of pyridine rings is 1. The van der Waals surface area contributed by atoms with E-state index in [4.69, 9.17) is 0 Å². The van der Waals surface area contributed by atoms with E-state index in [9.17, 15) is 9.59 Å². The van der Waals surface area contributed by atoms with E-state index in [1.807, 2.05) is 30.3 Å². The number of aromatic nitrogens is 1. The fraction of sp³-hybridized carbons (Fsp3) is 0.188. The molecule has 0 aliphatic carbocycles. The van der Waals surface area contributed by atoms with E-state index in [1.165, 1.54) is 6.20 Å². The predicted molar refractivity (Wildman–Crippen MR) is 84.9 cm³/mol. The molecule has 1 saturated heterocycles. The monoisotopic (exact) mass is 359 g/mol. The van der Waals surface area contributed by atoms with E-state index in [0.717, 1.165) is 10.0 Å². The maximum Gasteiger partial charge on any atom is 0.257 e. The first-order valence-corrected chi connectivity index (χ1v) is 7.59. The fourth-order valence-electron chi connectivity index (χ4n) is 2.60. The number of carbonyl (C=O) groups is 2. The molecule has 22 heavy (non-hydrogen) atoms. The third-order valence-corrected chi connectivity index (χ3v) is 4.11. The van der Waals surface area contributed by atoms with Crippen LogP contribution in [0.1, 0.15) is 22.1 Å². The summed E-state index contributed by atoms with van der Waals surface area (Å²) in [4.78, 5) is 32.0. The van der Waals surface area contributed by atoms with Gasteiger partial charge in [-0.25, -0.2) is 0 Å². The molecule has 1 aromatic heterocycles. The molecule has 0 unspecified atom stereocenters. The highest BCUT2D eigenvalue weighted by Crippen LogP contribution is 2.30. The van der Waals surface area contributed by atoms with E-state index >= 15 is 0 Å². The quantitative estimate of drug-likeness (QED) is 0.827. The van der Waals surface area contributed by atoms with E-state index < -0.39 is 0 Å². The summed E-state index contributed by atoms with van der Waals surface area (Å²) in [6.07, 6.45) is 2.74. The van der Waals surface area contributed by atoms with Crippen LogP contribution in [0, 0.1) is 0 Å². The molecule has 1 aliphatic rings. The molecule has 1 aliphatic heterocycles. The Labute approximate surface area is 136 Å². The summed E-state index contributed by atoms with van der Waals surface area (Å²) in [5.74, 6) is -0.287. The van der Waals surface area contributed by atoms with Crippen molar-refractivity contribution in [3.8, 4) is 0 Å². The average molecular weight is 360 g/mol. The van der Waals surface area contributed by atoms with Crippen molar-refractivity contribution in [2.75, 3.05) is 13.6 Å². The topological polar surface area (TPSA) is 53.5 Å². The maximum absolute atomic E-state index is 12.8. The largest absolute Gasteiger partial charge is 0.320 e. The van der Waals surface area contributed by atoms with Crippen molar-refractivity contribution in [1.82, 2.24) is 14.8 Å². The van der Waals surface area contributed by atoms with Crippen LogP contribution in [-0.2, 0) is 4.79 Å². The van der Waals surface area contributed by atoms with E-state index in [-0.39, 0.29) is 24.5 Å². The Morgan fingerprint density at radius 1 is 1.27 bits per heavy atom. The summed E-state index contributed by atoms with van der Waals surface area (Å²) in [6.45, 7) is 0.0708. The highest BCUT2D eigenvalue weighted by molar-refractivity contribution is 9.10. The summed E-state index contributed by atoms with van der Waals surface area (Å²) in [5, 5.41) is 0. The van der Waals surface area contributed by atoms with E-state index in [0.29, 0.717) is 5.56 Å². The highest BCUT2D eigenvalue weighted by Gasteiger charge is 2.39. The molecule has 2 amide bonds. The fourth-order valence-corrected chi connectivity index (χ4v) is 2.96. The third kappa shape index (κ3) is 2.62. The molecule has 3 rings (SSSR count). The number of hydrogen-bond acceptors (Lipinski definition) is 3. The van der Waals surface area contributed by atoms with Gasteiger partial charge in [0.2, 0.25) is 5.91 Å². The number of nitrogens with zero attached hydrogens (tertiary/aromatic N) is 3. The second-order valence-corrected chi connectivity index (χ2v) is 6.03. The van der Waals surface area contributed by atoms with Gasteiger partial charge in [0.25, 0.3) is 5.91 Å². The molecule has 0 saturated carbocycles. The molecule has 6 heteroatoms. The molecule has 0 N–H and O–H groups in total. The van der Waals surface area contributed by atoms with Crippen LogP contribution in [0.4, 0.5) is 0 Å². The molecule has 2 aromatic rings. The summed E-state index contributed by atoms with van der Waals surface area (Å²) >= 11 is 3.31. The molecule has 1 atom stereocenters. The zero-order valence-corrected chi connectivity index (χ0v) is 13.5. The Kier molecular flexibility index (Phi) is 3.94. The molecule has 112 valence electrons. The normalized spacial score (nSPS) is 17.9. The van der Waals surface area contributed by atoms with Crippen molar-refractivity contribution >= 4 is 27.7 Å². The van der Waals surface area contributed by atoms with Crippen LogP contribution in [-0.4, -0.2) is 40.2 Å². The lowest BCUT2D eigenvalue weighted by Gasteiger charge is -2.28. The Morgan fingerprint density at radius 2 is 2.00 bits per heavy atom. The summed E-state index contributed by atoms with van der Waals surface area (Å²) in [6, 6.07) is 11.2. The standard InChI is InChI=1S/C16H14BrN3O2/c1-19-14(21)10-20(15(19)11-5-3-2-4-6-11)16(22)12-7-13(17)9-18-8-12/h2-9,15H,10H2,1H3/t15-/m0/s1. The van der Waals surface area contributed by atoms with Crippen LogP contribution in [0.15, 0.2) is 53.3 Å². The SMILES string of the molecule is CN1C(=O)CN(C(=O)c2cncc(Br)c2)[C@H]1c1ccccc1. The predicted octanol–water partition coefficient (Wildman–Crippen LogP) is 2.46.